The Balaban J connectivity index is 2.21. The zero-order valence-electron chi connectivity index (χ0n) is 12.2. The first-order valence-corrected chi connectivity index (χ1v) is 6.98. The van der Waals surface area contributed by atoms with Gasteiger partial charge >= 0.3 is 5.97 Å². The SMILES string of the molecule is CN1CCC(C(=O)NCCC(C)(C)CCC(=O)O)C1. The van der Waals surface area contributed by atoms with Crippen molar-refractivity contribution < 1.29 is 14.7 Å². The van der Waals surface area contributed by atoms with Crippen molar-refractivity contribution in [2.75, 3.05) is 26.7 Å². The molecule has 0 bridgehead atoms. The van der Waals surface area contributed by atoms with Gasteiger partial charge in [0.05, 0.1) is 5.92 Å². The summed E-state index contributed by atoms with van der Waals surface area (Å²) in [6.07, 6.45) is 2.58. The van der Waals surface area contributed by atoms with E-state index in [9.17, 15) is 9.59 Å². The van der Waals surface area contributed by atoms with Crippen molar-refractivity contribution in [2.45, 2.75) is 39.5 Å². The van der Waals surface area contributed by atoms with Crippen molar-refractivity contribution in [3.05, 3.63) is 0 Å². The molecular formula is C14H26N2O3. The molecule has 0 radical (unpaired) electrons. The third kappa shape index (κ3) is 6.05. The summed E-state index contributed by atoms with van der Waals surface area (Å²) in [6, 6.07) is 0. The highest BCUT2D eigenvalue weighted by atomic mass is 16.4. The van der Waals surface area contributed by atoms with E-state index < -0.39 is 5.97 Å². The van der Waals surface area contributed by atoms with Gasteiger partial charge in [0.1, 0.15) is 0 Å². The fourth-order valence-corrected chi connectivity index (χ4v) is 2.39. The predicted octanol–water partition coefficient (Wildman–Crippen LogP) is 1.34. The molecule has 0 saturated carbocycles. The van der Waals surface area contributed by atoms with E-state index in [1.165, 1.54) is 0 Å². The van der Waals surface area contributed by atoms with Crippen molar-refractivity contribution >= 4 is 11.9 Å². The lowest BCUT2D eigenvalue weighted by atomic mass is 9.84. The molecule has 19 heavy (non-hydrogen) atoms. The summed E-state index contributed by atoms with van der Waals surface area (Å²) in [4.78, 5) is 24.6. The standard InChI is InChI=1S/C14H26N2O3/c1-14(2,6-4-12(17)18)7-8-15-13(19)11-5-9-16(3)10-11/h11H,4-10H2,1-3H3,(H,15,19)(H,17,18). The van der Waals surface area contributed by atoms with Crippen LogP contribution in [0.4, 0.5) is 0 Å². The zero-order valence-corrected chi connectivity index (χ0v) is 12.2. The average molecular weight is 270 g/mol. The Morgan fingerprint density at radius 1 is 1.37 bits per heavy atom. The van der Waals surface area contributed by atoms with Crippen LogP contribution in [0.2, 0.25) is 0 Å². The van der Waals surface area contributed by atoms with Gasteiger partial charge in [-0.3, -0.25) is 9.59 Å². The molecule has 5 nitrogen and oxygen atoms in total. The molecule has 1 fully saturated rings. The number of hydrogen-bond acceptors (Lipinski definition) is 3. The van der Waals surface area contributed by atoms with Gasteiger partial charge in [0.15, 0.2) is 0 Å². The highest BCUT2D eigenvalue weighted by Crippen LogP contribution is 2.26. The minimum atomic E-state index is -0.758. The molecule has 5 heteroatoms. The van der Waals surface area contributed by atoms with Crippen LogP contribution in [0.3, 0.4) is 0 Å². The van der Waals surface area contributed by atoms with Crippen LogP contribution in [-0.2, 0) is 9.59 Å². The molecular weight excluding hydrogens is 244 g/mol. The molecule has 1 aliphatic heterocycles. The van der Waals surface area contributed by atoms with Gasteiger partial charge in [-0.25, -0.2) is 0 Å². The second kappa shape index (κ2) is 6.89. The lowest BCUT2D eigenvalue weighted by molar-refractivity contribution is -0.137. The number of carbonyl (C=O) groups excluding carboxylic acids is 1. The van der Waals surface area contributed by atoms with Crippen LogP contribution in [-0.4, -0.2) is 48.6 Å². The first-order valence-electron chi connectivity index (χ1n) is 6.98. The van der Waals surface area contributed by atoms with E-state index in [1.807, 2.05) is 20.9 Å². The summed E-state index contributed by atoms with van der Waals surface area (Å²) in [5.74, 6) is -0.503. The number of carboxylic acid groups (broad SMARTS) is 1. The Hall–Kier alpha value is -1.10. The number of carboxylic acids is 1. The molecule has 1 saturated heterocycles. The summed E-state index contributed by atoms with van der Waals surface area (Å²) >= 11 is 0. The van der Waals surface area contributed by atoms with Crippen LogP contribution in [0.15, 0.2) is 0 Å². The van der Waals surface area contributed by atoms with E-state index in [0.29, 0.717) is 13.0 Å². The lowest BCUT2D eigenvalue weighted by Crippen LogP contribution is -2.34. The van der Waals surface area contributed by atoms with E-state index in [2.05, 4.69) is 10.2 Å². The number of aliphatic carboxylic acids is 1. The third-order valence-electron chi connectivity index (χ3n) is 3.88. The Labute approximate surface area is 115 Å². The minimum Gasteiger partial charge on any atom is -0.481 e. The maximum atomic E-state index is 11.9. The summed E-state index contributed by atoms with van der Waals surface area (Å²) in [5.41, 5.74) is -0.0435. The number of nitrogens with zero attached hydrogens (tertiary/aromatic N) is 1. The maximum absolute atomic E-state index is 11.9. The van der Waals surface area contributed by atoms with Crippen molar-refractivity contribution in [3.8, 4) is 0 Å². The molecule has 0 aliphatic carbocycles. The largest absolute Gasteiger partial charge is 0.481 e. The Bertz CT molecular complexity index is 329. The third-order valence-corrected chi connectivity index (χ3v) is 3.88. The topological polar surface area (TPSA) is 69.6 Å². The number of hydrogen-bond donors (Lipinski definition) is 2. The normalized spacial score (nSPS) is 20.5. The molecule has 1 aliphatic rings. The Morgan fingerprint density at radius 3 is 2.58 bits per heavy atom. The van der Waals surface area contributed by atoms with Gasteiger partial charge in [0, 0.05) is 19.5 Å². The summed E-state index contributed by atoms with van der Waals surface area (Å²) in [5, 5.41) is 11.7. The Kier molecular flexibility index (Phi) is 5.79. The van der Waals surface area contributed by atoms with Gasteiger partial charge in [0.25, 0.3) is 0 Å². The van der Waals surface area contributed by atoms with Gasteiger partial charge in [-0.15, -0.1) is 0 Å². The van der Waals surface area contributed by atoms with Crippen LogP contribution in [0, 0.1) is 11.3 Å². The average Bonchev–Trinajstić information content (AvgIpc) is 2.73. The highest BCUT2D eigenvalue weighted by molar-refractivity contribution is 5.79. The van der Waals surface area contributed by atoms with Crippen molar-refractivity contribution in [1.82, 2.24) is 10.2 Å². The lowest BCUT2D eigenvalue weighted by Gasteiger charge is -2.24. The molecule has 1 heterocycles. The smallest absolute Gasteiger partial charge is 0.303 e. The number of rotatable bonds is 7. The van der Waals surface area contributed by atoms with Crippen molar-refractivity contribution in [3.63, 3.8) is 0 Å². The zero-order chi connectivity index (χ0) is 14.5. The fraction of sp³-hybridized carbons (Fsp3) is 0.857. The second-order valence-corrected chi connectivity index (χ2v) is 6.35. The van der Waals surface area contributed by atoms with Crippen LogP contribution < -0.4 is 5.32 Å². The molecule has 1 atom stereocenters. The van der Waals surface area contributed by atoms with Gasteiger partial charge in [-0.1, -0.05) is 13.8 Å². The van der Waals surface area contributed by atoms with Gasteiger partial charge in [-0.05, 0) is 38.3 Å². The molecule has 1 rings (SSSR count). The molecule has 0 aromatic rings. The van der Waals surface area contributed by atoms with Crippen LogP contribution >= 0.6 is 0 Å². The predicted molar refractivity (Wildman–Crippen MR) is 73.9 cm³/mol. The van der Waals surface area contributed by atoms with Crippen molar-refractivity contribution in [2.24, 2.45) is 11.3 Å². The van der Waals surface area contributed by atoms with E-state index >= 15 is 0 Å². The summed E-state index contributed by atoms with van der Waals surface area (Å²) < 4.78 is 0. The fourth-order valence-electron chi connectivity index (χ4n) is 2.39. The van der Waals surface area contributed by atoms with E-state index in [0.717, 1.165) is 25.9 Å². The molecule has 2 N–H and O–H groups in total. The van der Waals surface area contributed by atoms with Gasteiger partial charge in [0.2, 0.25) is 5.91 Å². The quantitative estimate of drug-likeness (QED) is 0.732. The Morgan fingerprint density at radius 2 is 2.05 bits per heavy atom. The maximum Gasteiger partial charge on any atom is 0.303 e. The van der Waals surface area contributed by atoms with E-state index in [-0.39, 0.29) is 23.7 Å². The van der Waals surface area contributed by atoms with E-state index in [1.54, 1.807) is 0 Å². The van der Waals surface area contributed by atoms with Gasteiger partial charge in [-0.2, -0.15) is 0 Å². The van der Waals surface area contributed by atoms with Crippen molar-refractivity contribution in [1.29, 1.82) is 0 Å². The number of amides is 1. The van der Waals surface area contributed by atoms with Crippen LogP contribution in [0.25, 0.3) is 0 Å². The van der Waals surface area contributed by atoms with Gasteiger partial charge < -0.3 is 15.3 Å². The number of nitrogens with one attached hydrogen (secondary N) is 1. The van der Waals surface area contributed by atoms with Crippen LogP contribution in [0.1, 0.15) is 39.5 Å². The molecule has 1 amide bonds. The number of likely N-dealkylation sites (tertiary alicyclic amines) is 1. The highest BCUT2D eigenvalue weighted by Gasteiger charge is 2.26. The van der Waals surface area contributed by atoms with Crippen LogP contribution in [0.5, 0.6) is 0 Å². The minimum absolute atomic E-state index is 0.0435. The second-order valence-electron chi connectivity index (χ2n) is 6.35. The first kappa shape index (κ1) is 16.0. The monoisotopic (exact) mass is 270 g/mol. The molecule has 0 spiro atoms. The molecule has 1 unspecified atom stereocenters. The molecule has 110 valence electrons. The molecule has 0 aromatic carbocycles. The first-order chi connectivity index (χ1) is 8.80. The van der Waals surface area contributed by atoms with E-state index in [4.69, 9.17) is 5.11 Å². The number of carbonyl (C=O) groups is 2. The summed E-state index contributed by atoms with van der Waals surface area (Å²) in [6.45, 7) is 6.55. The summed E-state index contributed by atoms with van der Waals surface area (Å²) in [7, 11) is 2.03. The molecule has 0 aromatic heterocycles.